The highest BCUT2D eigenvalue weighted by Crippen LogP contribution is 2.29. The standard InChI is InChI=1S/C22H26FN7O3/c1-4-30-19-8-6-7-17(15(19)11-25-30)27-20-14(10-24)9-16(23)21(29-20)28-18(12-33-5-2)13(3)26-22(31)32/h6-9,11,13,18,26H,4-5,12H2,1-3H3,(H,31,32)(H2,27,28,29)/t13-,18+/m0/s1. The molecule has 0 spiro atoms. The minimum Gasteiger partial charge on any atom is -0.465 e. The van der Waals surface area contributed by atoms with Gasteiger partial charge >= 0.3 is 6.09 Å². The normalized spacial score (nSPS) is 12.7. The van der Waals surface area contributed by atoms with Crippen LogP contribution in [0.1, 0.15) is 26.3 Å². The summed E-state index contributed by atoms with van der Waals surface area (Å²) in [5.74, 6) is -0.707. The molecule has 0 fully saturated rings. The monoisotopic (exact) mass is 455 g/mol. The third-order valence-electron chi connectivity index (χ3n) is 5.11. The van der Waals surface area contributed by atoms with E-state index in [0.717, 1.165) is 17.0 Å². The number of nitrogens with one attached hydrogen (secondary N) is 3. The number of hydrogen-bond donors (Lipinski definition) is 4. The van der Waals surface area contributed by atoms with Crippen LogP contribution in [0.3, 0.4) is 0 Å². The molecule has 2 heterocycles. The molecule has 0 aliphatic carbocycles. The number of carbonyl (C=O) groups is 1. The highest BCUT2D eigenvalue weighted by atomic mass is 19.1. The average molecular weight is 455 g/mol. The first-order chi connectivity index (χ1) is 15.9. The third-order valence-corrected chi connectivity index (χ3v) is 5.11. The Morgan fingerprint density at radius 1 is 1.36 bits per heavy atom. The Morgan fingerprint density at radius 2 is 2.15 bits per heavy atom. The van der Waals surface area contributed by atoms with Gasteiger partial charge in [-0.3, -0.25) is 4.68 Å². The topological polar surface area (TPSA) is 137 Å². The highest BCUT2D eigenvalue weighted by Gasteiger charge is 2.22. The molecule has 2 atom stereocenters. The Bertz CT molecular complexity index is 1170. The zero-order valence-corrected chi connectivity index (χ0v) is 18.6. The van der Waals surface area contributed by atoms with Gasteiger partial charge in [0.15, 0.2) is 17.5 Å². The maximum Gasteiger partial charge on any atom is 0.404 e. The van der Waals surface area contributed by atoms with Gasteiger partial charge in [-0.1, -0.05) is 6.07 Å². The van der Waals surface area contributed by atoms with Gasteiger partial charge in [-0.15, -0.1) is 0 Å². The molecule has 0 radical (unpaired) electrons. The second-order valence-electron chi connectivity index (χ2n) is 7.30. The van der Waals surface area contributed by atoms with E-state index in [2.05, 4.69) is 26.0 Å². The molecule has 0 unspecified atom stereocenters. The van der Waals surface area contributed by atoms with Crippen molar-refractivity contribution in [2.24, 2.45) is 0 Å². The molecule has 2 aromatic heterocycles. The summed E-state index contributed by atoms with van der Waals surface area (Å²) in [6, 6.07) is 7.44. The lowest BCUT2D eigenvalue weighted by Crippen LogP contribution is -2.47. The second-order valence-corrected chi connectivity index (χ2v) is 7.30. The third kappa shape index (κ3) is 5.48. The highest BCUT2D eigenvalue weighted by molar-refractivity contribution is 5.93. The van der Waals surface area contributed by atoms with Crippen LogP contribution >= 0.6 is 0 Å². The van der Waals surface area contributed by atoms with Crippen molar-refractivity contribution in [2.45, 2.75) is 39.4 Å². The molecule has 1 aromatic carbocycles. The van der Waals surface area contributed by atoms with Crippen molar-refractivity contribution in [2.75, 3.05) is 23.8 Å². The Kier molecular flexibility index (Phi) is 7.63. The number of carboxylic acid groups (broad SMARTS) is 1. The van der Waals surface area contributed by atoms with E-state index in [0.29, 0.717) is 18.8 Å². The van der Waals surface area contributed by atoms with Crippen molar-refractivity contribution >= 4 is 34.3 Å². The van der Waals surface area contributed by atoms with Crippen molar-refractivity contribution in [3.63, 3.8) is 0 Å². The fraction of sp³-hybridized carbons (Fsp3) is 0.364. The number of fused-ring (bicyclic) bond motifs is 1. The summed E-state index contributed by atoms with van der Waals surface area (Å²) in [5.41, 5.74) is 1.60. The first-order valence-corrected chi connectivity index (χ1v) is 10.5. The molecule has 4 N–H and O–H groups in total. The lowest BCUT2D eigenvalue weighted by molar-refractivity contribution is 0.127. The number of rotatable bonds is 10. The second kappa shape index (κ2) is 10.6. The van der Waals surface area contributed by atoms with Crippen LogP contribution in [0.25, 0.3) is 10.9 Å². The number of aryl methyl sites for hydroxylation is 1. The summed E-state index contributed by atoms with van der Waals surface area (Å²) in [6.07, 6.45) is 0.509. The maximum atomic E-state index is 14.8. The van der Waals surface area contributed by atoms with E-state index < -0.39 is 24.0 Å². The number of ether oxygens (including phenoxy) is 1. The Balaban J connectivity index is 1.95. The molecule has 11 heteroatoms. The number of halogens is 1. The molecule has 3 aromatic rings. The van der Waals surface area contributed by atoms with Gasteiger partial charge in [-0.25, -0.2) is 14.2 Å². The maximum absolute atomic E-state index is 14.8. The molecule has 10 nitrogen and oxygen atoms in total. The van der Waals surface area contributed by atoms with Crippen LogP contribution in [0.15, 0.2) is 30.5 Å². The fourth-order valence-electron chi connectivity index (χ4n) is 3.39. The molecule has 3 rings (SSSR count). The molecule has 0 bridgehead atoms. The first-order valence-electron chi connectivity index (χ1n) is 10.5. The number of benzene rings is 1. The van der Waals surface area contributed by atoms with Crippen molar-refractivity contribution in [1.82, 2.24) is 20.1 Å². The molecule has 0 saturated heterocycles. The van der Waals surface area contributed by atoms with Crippen LogP contribution in [-0.2, 0) is 11.3 Å². The quantitative estimate of drug-likeness (QED) is 0.363. The largest absolute Gasteiger partial charge is 0.465 e. The van der Waals surface area contributed by atoms with Gasteiger partial charge in [0.25, 0.3) is 0 Å². The summed E-state index contributed by atoms with van der Waals surface area (Å²) >= 11 is 0. The molecule has 33 heavy (non-hydrogen) atoms. The Labute approximate surface area is 190 Å². The van der Waals surface area contributed by atoms with E-state index in [1.165, 1.54) is 0 Å². The summed E-state index contributed by atoms with van der Waals surface area (Å²) in [5, 5.41) is 32.1. The number of nitrogens with zero attached hydrogens (tertiary/aromatic N) is 4. The lowest BCUT2D eigenvalue weighted by atomic mass is 10.1. The summed E-state index contributed by atoms with van der Waals surface area (Å²) in [6.45, 7) is 6.65. The van der Waals surface area contributed by atoms with E-state index in [1.807, 2.05) is 35.9 Å². The van der Waals surface area contributed by atoms with Gasteiger partial charge in [-0.05, 0) is 39.0 Å². The predicted molar refractivity (Wildman–Crippen MR) is 122 cm³/mol. The smallest absolute Gasteiger partial charge is 0.404 e. The van der Waals surface area contributed by atoms with E-state index in [-0.39, 0.29) is 23.8 Å². The Morgan fingerprint density at radius 3 is 2.82 bits per heavy atom. The predicted octanol–water partition coefficient (Wildman–Crippen LogP) is 3.68. The lowest BCUT2D eigenvalue weighted by Gasteiger charge is -2.26. The molecular weight excluding hydrogens is 429 g/mol. The van der Waals surface area contributed by atoms with Crippen molar-refractivity contribution in [3.05, 3.63) is 41.8 Å². The molecule has 0 aliphatic heterocycles. The Hall–Kier alpha value is -3.91. The molecule has 174 valence electrons. The fourth-order valence-corrected chi connectivity index (χ4v) is 3.39. The van der Waals surface area contributed by atoms with E-state index in [1.54, 1.807) is 20.0 Å². The van der Waals surface area contributed by atoms with E-state index >= 15 is 0 Å². The van der Waals surface area contributed by atoms with Crippen LogP contribution in [0.4, 0.5) is 26.5 Å². The van der Waals surface area contributed by atoms with E-state index in [4.69, 9.17) is 9.84 Å². The summed E-state index contributed by atoms with van der Waals surface area (Å²) < 4.78 is 22.0. The molecule has 0 saturated carbocycles. The number of amides is 1. The number of hydrogen-bond acceptors (Lipinski definition) is 7. The van der Waals surface area contributed by atoms with Crippen molar-refractivity contribution in [1.29, 1.82) is 5.26 Å². The minimum absolute atomic E-state index is 0.0241. The van der Waals surface area contributed by atoms with Gasteiger partial charge < -0.3 is 25.8 Å². The molecule has 0 aliphatic rings. The van der Waals surface area contributed by atoms with Gasteiger partial charge in [0.1, 0.15) is 6.07 Å². The zero-order chi connectivity index (χ0) is 24.0. The number of aromatic nitrogens is 3. The van der Waals surface area contributed by atoms with Gasteiger partial charge in [0.2, 0.25) is 0 Å². The van der Waals surface area contributed by atoms with Gasteiger partial charge in [0, 0.05) is 18.5 Å². The molecular formula is C22H26FN7O3. The van der Waals surface area contributed by atoms with Crippen molar-refractivity contribution < 1.29 is 19.0 Å². The van der Waals surface area contributed by atoms with Crippen LogP contribution in [0, 0.1) is 17.1 Å². The number of pyridine rings is 1. The summed E-state index contributed by atoms with van der Waals surface area (Å²) in [7, 11) is 0. The van der Waals surface area contributed by atoms with Gasteiger partial charge in [0.05, 0.1) is 41.7 Å². The first kappa shape index (κ1) is 23.7. The number of nitriles is 1. The minimum atomic E-state index is -1.21. The molecule has 1 amide bonds. The zero-order valence-electron chi connectivity index (χ0n) is 18.6. The average Bonchev–Trinajstić information content (AvgIpc) is 3.22. The summed E-state index contributed by atoms with van der Waals surface area (Å²) in [4.78, 5) is 15.4. The van der Waals surface area contributed by atoms with Gasteiger partial charge in [-0.2, -0.15) is 10.4 Å². The van der Waals surface area contributed by atoms with Crippen LogP contribution in [0.5, 0.6) is 0 Å². The van der Waals surface area contributed by atoms with Crippen LogP contribution < -0.4 is 16.0 Å². The van der Waals surface area contributed by atoms with Crippen LogP contribution in [-0.4, -0.2) is 51.3 Å². The van der Waals surface area contributed by atoms with E-state index in [9.17, 15) is 14.4 Å². The SMILES string of the molecule is CCOC[C@@H](Nc1nc(Nc2cccc3c2cnn3CC)c(C#N)cc1F)[C@H](C)NC(=O)O. The van der Waals surface area contributed by atoms with Crippen LogP contribution in [0.2, 0.25) is 0 Å². The number of anilines is 3. The van der Waals surface area contributed by atoms with Crippen molar-refractivity contribution in [3.8, 4) is 6.07 Å².